The Morgan fingerprint density at radius 1 is 1.08 bits per heavy atom. The number of carbonyl (C=O) groups is 1. The Bertz CT molecular complexity index is 845. The van der Waals surface area contributed by atoms with Crippen molar-refractivity contribution >= 4 is 23.2 Å². The molecule has 4 rings (SSSR count). The summed E-state index contributed by atoms with van der Waals surface area (Å²) in [6, 6.07) is 10.9. The molecule has 0 aromatic heterocycles. The summed E-state index contributed by atoms with van der Waals surface area (Å²) in [5, 5.41) is 0.610. The van der Waals surface area contributed by atoms with Crippen LogP contribution >= 0.6 is 11.6 Å². The normalized spacial score (nSPS) is 16.2. The molecular formula is C20H18ClNO3. The van der Waals surface area contributed by atoms with Crippen LogP contribution in [-0.4, -0.2) is 30.6 Å². The van der Waals surface area contributed by atoms with Crippen LogP contribution in [0, 0.1) is 0 Å². The van der Waals surface area contributed by atoms with E-state index in [0.29, 0.717) is 36.0 Å². The first-order chi connectivity index (χ1) is 12.1. The zero-order valence-corrected chi connectivity index (χ0v) is 14.5. The van der Waals surface area contributed by atoms with E-state index in [-0.39, 0.29) is 5.91 Å². The van der Waals surface area contributed by atoms with E-state index >= 15 is 0 Å². The van der Waals surface area contributed by atoms with Crippen molar-refractivity contribution in [1.29, 1.82) is 0 Å². The fourth-order valence-electron chi connectivity index (χ4n) is 3.21. The molecule has 2 heterocycles. The third-order valence-corrected chi connectivity index (χ3v) is 4.80. The molecule has 25 heavy (non-hydrogen) atoms. The molecule has 0 aliphatic carbocycles. The van der Waals surface area contributed by atoms with Gasteiger partial charge in [0.2, 0.25) is 0 Å². The topological polar surface area (TPSA) is 38.8 Å². The van der Waals surface area contributed by atoms with E-state index in [1.807, 2.05) is 12.1 Å². The van der Waals surface area contributed by atoms with E-state index < -0.39 is 0 Å². The number of hydrogen-bond donors (Lipinski definition) is 0. The van der Waals surface area contributed by atoms with Gasteiger partial charge in [-0.05, 0) is 48.4 Å². The third kappa shape index (κ3) is 2.98. The monoisotopic (exact) mass is 355 g/mol. The molecule has 4 nitrogen and oxygen atoms in total. The quantitative estimate of drug-likeness (QED) is 0.770. The van der Waals surface area contributed by atoms with Crippen LogP contribution in [0.5, 0.6) is 11.5 Å². The van der Waals surface area contributed by atoms with E-state index in [0.717, 1.165) is 35.5 Å². The Morgan fingerprint density at radius 3 is 2.48 bits per heavy atom. The number of amides is 1. The van der Waals surface area contributed by atoms with E-state index in [9.17, 15) is 4.79 Å². The van der Waals surface area contributed by atoms with Gasteiger partial charge < -0.3 is 14.4 Å². The number of benzene rings is 2. The maximum atomic E-state index is 12.8. The Balaban J connectivity index is 1.65. The lowest BCUT2D eigenvalue weighted by molar-refractivity contribution is 0.0833. The molecule has 128 valence electrons. The third-order valence-electron chi connectivity index (χ3n) is 4.55. The molecule has 0 bridgehead atoms. The van der Waals surface area contributed by atoms with Crippen molar-refractivity contribution < 1.29 is 14.3 Å². The lowest BCUT2D eigenvalue weighted by Crippen LogP contribution is -2.34. The molecular weight excluding hydrogens is 338 g/mol. The van der Waals surface area contributed by atoms with Crippen molar-refractivity contribution in [3.63, 3.8) is 0 Å². The average molecular weight is 356 g/mol. The van der Waals surface area contributed by atoms with Crippen LogP contribution in [0.4, 0.5) is 0 Å². The first kappa shape index (κ1) is 16.0. The molecule has 2 aliphatic heterocycles. The lowest BCUT2D eigenvalue weighted by Gasteiger charge is -2.31. The molecule has 0 unspecified atom stereocenters. The largest absolute Gasteiger partial charge is 0.490 e. The molecule has 2 aromatic carbocycles. The maximum absolute atomic E-state index is 12.8. The van der Waals surface area contributed by atoms with Gasteiger partial charge in [0.1, 0.15) is 0 Å². The van der Waals surface area contributed by atoms with E-state index in [4.69, 9.17) is 21.1 Å². The van der Waals surface area contributed by atoms with Gasteiger partial charge in [-0.15, -0.1) is 0 Å². The molecule has 0 saturated heterocycles. The van der Waals surface area contributed by atoms with Gasteiger partial charge >= 0.3 is 0 Å². The SMILES string of the molecule is C=C1c2cc3c(cc2CCN1C(=O)c1ccc(Cl)cc1)OCCCO3. The van der Waals surface area contributed by atoms with Gasteiger partial charge in [0.25, 0.3) is 5.91 Å². The summed E-state index contributed by atoms with van der Waals surface area (Å²) in [5.41, 5.74) is 3.37. The fraction of sp³-hybridized carbons (Fsp3) is 0.250. The maximum Gasteiger partial charge on any atom is 0.258 e. The van der Waals surface area contributed by atoms with Crippen LogP contribution in [0.2, 0.25) is 5.02 Å². The molecule has 0 atom stereocenters. The lowest BCUT2D eigenvalue weighted by atomic mass is 9.95. The van der Waals surface area contributed by atoms with Crippen LogP contribution in [0.3, 0.4) is 0 Å². The highest BCUT2D eigenvalue weighted by Crippen LogP contribution is 2.38. The summed E-state index contributed by atoms with van der Waals surface area (Å²) < 4.78 is 11.5. The first-order valence-electron chi connectivity index (χ1n) is 8.33. The number of halogens is 1. The predicted octanol–water partition coefficient (Wildman–Crippen LogP) is 4.17. The first-order valence-corrected chi connectivity index (χ1v) is 8.70. The minimum Gasteiger partial charge on any atom is -0.490 e. The Kier molecular flexibility index (Phi) is 4.14. The Labute approximate surface area is 151 Å². The van der Waals surface area contributed by atoms with Crippen molar-refractivity contribution in [2.75, 3.05) is 19.8 Å². The van der Waals surface area contributed by atoms with Gasteiger partial charge in [0.15, 0.2) is 11.5 Å². The van der Waals surface area contributed by atoms with Crippen molar-refractivity contribution in [3.8, 4) is 11.5 Å². The van der Waals surface area contributed by atoms with Gasteiger partial charge in [-0.25, -0.2) is 0 Å². The molecule has 5 heteroatoms. The van der Waals surface area contributed by atoms with Crippen LogP contribution in [-0.2, 0) is 6.42 Å². The van der Waals surface area contributed by atoms with Crippen LogP contribution < -0.4 is 9.47 Å². The molecule has 0 fully saturated rings. The van der Waals surface area contributed by atoms with Crippen molar-refractivity contribution in [2.45, 2.75) is 12.8 Å². The fourth-order valence-corrected chi connectivity index (χ4v) is 3.34. The molecule has 1 amide bonds. The van der Waals surface area contributed by atoms with Gasteiger partial charge in [-0.2, -0.15) is 0 Å². The summed E-state index contributed by atoms with van der Waals surface area (Å²) in [5.74, 6) is 1.43. The number of fused-ring (bicyclic) bond motifs is 2. The summed E-state index contributed by atoms with van der Waals surface area (Å²) in [6.45, 7) is 6.04. The standard InChI is InChI=1S/C20H18ClNO3/c1-13-17-12-19-18(24-9-2-10-25-19)11-15(17)7-8-22(13)20(23)14-3-5-16(21)6-4-14/h3-6,11-12H,1-2,7-10H2. The van der Waals surface area contributed by atoms with Gasteiger partial charge in [0.05, 0.1) is 13.2 Å². The minimum absolute atomic E-state index is 0.0700. The Morgan fingerprint density at radius 2 is 1.76 bits per heavy atom. The predicted molar refractivity (Wildman–Crippen MR) is 97.3 cm³/mol. The van der Waals surface area contributed by atoms with Gasteiger partial charge in [-0.1, -0.05) is 18.2 Å². The zero-order chi connectivity index (χ0) is 17.4. The summed E-state index contributed by atoms with van der Waals surface area (Å²) in [6.07, 6.45) is 1.62. The molecule has 0 saturated carbocycles. The highest BCUT2D eigenvalue weighted by Gasteiger charge is 2.27. The van der Waals surface area contributed by atoms with E-state index in [1.54, 1.807) is 29.2 Å². The van der Waals surface area contributed by atoms with Crippen LogP contribution in [0.15, 0.2) is 43.0 Å². The Hall–Kier alpha value is -2.46. The summed E-state index contributed by atoms with van der Waals surface area (Å²) in [7, 11) is 0. The second-order valence-electron chi connectivity index (χ2n) is 6.17. The highest BCUT2D eigenvalue weighted by molar-refractivity contribution is 6.30. The molecule has 0 radical (unpaired) electrons. The molecule has 2 aromatic rings. The van der Waals surface area contributed by atoms with Crippen LogP contribution in [0.1, 0.15) is 27.9 Å². The number of ether oxygens (including phenoxy) is 2. The zero-order valence-electron chi connectivity index (χ0n) is 13.8. The average Bonchev–Trinajstić information content (AvgIpc) is 2.85. The molecule has 2 aliphatic rings. The summed E-state index contributed by atoms with van der Waals surface area (Å²) in [4.78, 5) is 14.6. The van der Waals surface area contributed by atoms with Crippen molar-refractivity contribution in [2.24, 2.45) is 0 Å². The van der Waals surface area contributed by atoms with E-state index in [1.165, 1.54) is 0 Å². The second-order valence-corrected chi connectivity index (χ2v) is 6.60. The van der Waals surface area contributed by atoms with Crippen molar-refractivity contribution in [1.82, 2.24) is 4.90 Å². The van der Waals surface area contributed by atoms with Crippen LogP contribution in [0.25, 0.3) is 5.70 Å². The van der Waals surface area contributed by atoms with Gasteiger partial charge in [-0.3, -0.25) is 4.79 Å². The van der Waals surface area contributed by atoms with Gasteiger partial charge in [0, 0.05) is 34.8 Å². The number of carbonyl (C=O) groups excluding carboxylic acids is 1. The minimum atomic E-state index is -0.0700. The number of hydrogen-bond acceptors (Lipinski definition) is 3. The van der Waals surface area contributed by atoms with Crippen molar-refractivity contribution in [3.05, 3.63) is 64.7 Å². The summed E-state index contributed by atoms with van der Waals surface area (Å²) >= 11 is 5.91. The number of rotatable bonds is 1. The number of nitrogens with zero attached hydrogens (tertiary/aromatic N) is 1. The van der Waals surface area contributed by atoms with E-state index in [2.05, 4.69) is 6.58 Å². The smallest absolute Gasteiger partial charge is 0.258 e. The second kappa shape index (κ2) is 6.45. The molecule has 0 spiro atoms. The highest BCUT2D eigenvalue weighted by atomic mass is 35.5. The molecule has 0 N–H and O–H groups in total.